The lowest BCUT2D eigenvalue weighted by Gasteiger charge is -2.25. The summed E-state index contributed by atoms with van der Waals surface area (Å²) in [4.78, 5) is 18.9. The molecule has 2 aromatic rings. The number of aliphatic imine (C=N–C) groups is 1. The van der Waals surface area contributed by atoms with Crippen LogP contribution in [-0.2, 0) is 4.74 Å². The van der Waals surface area contributed by atoms with E-state index in [1.807, 2.05) is 0 Å². The van der Waals surface area contributed by atoms with Crippen molar-refractivity contribution < 1.29 is 22.7 Å². The van der Waals surface area contributed by atoms with Gasteiger partial charge in [-0.25, -0.2) is 13.2 Å². The maximum Gasteiger partial charge on any atom is 0.257 e. The summed E-state index contributed by atoms with van der Waals surface area (Å²) in [5, 5.41) is 5.30. The fourth-order valence-corrected chi connectivity index (χ4v) is 2.78. The number of ether oxygens (including phenoxy) is 1. The Hall–Kier alpha value is -2.91. The Morgan fingerprint density at radius 1 is 1.00 bits per heavy atom. The lowest BCUT2D eigenvalue weighted by molar-refractivity contribution is 0.0394. The Labute approximate surface area is 166 Å². The number of nitrogens with zero attached hydrogens (tertiary/aromatic N) is 2. The summed E-state index contributed by atoms with van der Waals surface area (Å²) in [5.74, 6) is -2.47. The highest BCUT2D eigenvalue weighted by Gasteiger charge is 2.12. The molecule has 9 heteroatoms. The Bertz CT molecular complexity index is 848. The van der Waals surface area contributed by atoms with Crippen LogP contribution in [0.5, 0.6) is 0 Å². The molecule has 0 unspecified atom stereocenters. The summed E-state index contributed by atoms with van der Waals surface area (Å²) in [6, 6.07) is 7.92. The molecule has 0 spiro atoms. The van der Waals surface area contributed by atoms with E-state index in [2.05, 4.69) is 20.5 Å². The molecule has 0 radical (unpaired) electrons. The van der Waals surface area contributed by atoms with Crippen molar-refractivity contribution in [2.24, 2.45) is 4.99 Å². The molecule has 29 heavy (non-hydrogen) atoms. The zero-order valence-electron chi connectivity index (χ0n) is 15.6. The molecule has 1 amide bonds. The van der Waals surface area contributed by atoms with Crippen LogP contribution in [0.3, 0.4) is 0 Å². The van der Waals surface area contributed by atoms with Crippen LogP contribution in [0.2, 0.25) is 0 Å². The summed E-state index contributed by atoms with van der Waals surface area (Å²) >= 11 is 0. The maximum atomic E-state index is 13.5. The van der Waals surface area contributed by atoms with E-state index in [0.717, 1.165) is 31.3 Å². The van der Waals surface area contributed by atoms with Gasteiger partial charge in [0.05, 0.1) is 19.8 Å². The van der Waals surface area contributed by atoms with Gasteiger partial charge in [-0.3, -0.25) is 20.0 Å². The Morgan fingerprint density at radius 2 is 1.66 bits per heavy atom. The number of hydrogen-bond donors (Lipinski definition) is 2. The number of amides is 1. The number of benzene rings is 2. The third-order valence-electron chi connectivity index (χ3n) is 4.25. The summed E-state index contributed by atoms with van der Waals surface area (Å²) < 4.78 is 45.3. The number of morpholine rings is 1. The van der Waals surface area contributed by atoms with Crippen LogP contribution in [-0.4, -0.2) is 56.2 Å². The van der Waals surface area contributed by atoms with Crippen molar-refractivity contribution in [2.75, 3.05) is 44.7 Å². The fourth-order valence-electron chi connectivity index (χ4n) is 2.78. The highest BCUT2D eigenvalue weighted by molar-refractivity contribution is 6.09. The third-order valence-corrected chi connectivity index (χ3v) is 4.25. The monoisotopic (exact) mass is 406 g/mol. The normalized spacial score (nSPS) is 15.2. The number of carbonyl (C=O) groups is 1. The Kier molecular flexibility index (Phi) is 7.20. The molecule has 1 aliphatic rings. The summed E-state index contributed by atoms with van der Waals surface area (Å²) in [6.07, 6.45) is 0. The van der Waals surface area contributed by atoms with Gasteiger partial charge in [-0.2, -0.15) is 0 Å². The van der Waals surface area contributed by atoms with Crippen molar-refractivity contribution in [3.05, 3.63) is 65.5 Å². The van der Waals surface area contributed by atoms with Crippen LogP contribution >= 0.6 is 0 Å². The molecule has 0 aliphatic carbocycles. The standard InChI is InChI=1S/C20H21F3N4O2/c21-15-3-1-14(2-4-15)19(28)26-20(24-5-6-27-7-9-29-10-8-27)25-18-12-16(22)11-17(23)13-18/h1-4,11-13H,5-10H2,(H2,24,25,26,28). The second-order valence-electron chi connectivity index (χ2n) is 6.43. The van der Waals surface area contributed by atoms with Crippen LogP contribution in [0.25, 0.3) is 0 Å². The Morgan fingerprint density at radius 3 is 2.31 bits per heavy atom. The van der Waals surface area contributed by atoms with Crippen molar-refractivity contribution in [1.82, 2.24) is 10.2 Å². The van der Waals surface area contributed by atoms with Gasteiger partial charge in [-0.05, 0) is 36.4 Å². The predicted molar refractivity (Wildman–Crippen MR) is 103 cm³/mol. The lowest BCUT2D eigenvalue weighted by Crippen LogP contribution is -2.39. The number of nitrogens with one attached hydrogen (secondary N) is 2. The first-order valence-corrected chi connectivity index (χ1v) is 9.14. The van der Waals surface area contributed by atoms with Crippen molar-refractivity contribution in [3.63, 3.8) is 0 Å². The summed E-state index contributed by atoms with van der Waals surface area (Å²) in [7, 11) is 0. The molecule has 0 atom stereocenters. The Balaban J connectivity index is 1.71. The minimum atomic E-state index is -0.759. The minimum absolute atomic E-state index is 0.0394. The van der Waals surface area contributed by atoms with Gasteiger partial charge in [0.15, 0.2) is 0 Å². The van der Waals surface area contributed by atoms with E-state index in [9.17, 15) is 18.0 Å². The largest absolute Gasteiger partial charge is 0.379 e. The third kappa shape index (κ3) is 6.58. The minimum Gasteiger partial charge on any atom is -0.379 e. The summed E-state index contributed by atoms with van der Waals surface area (Å²) in [5.41, 5.74) is 0.325. The molecule has 1 saturated heterocycles. The van der Waals surface area contributed by atoms with Crippen LogP contribution < -0.4 is 10.6 Å². The first kappa shape index (κ1) is 20.8. The van der Waals surface area contributed by atoms with E-state index in [1.165, 1.54) is 24.3 Å². The van der Waals surface area contributed by atoms with Crippen molar-refractivity contribution in [1.29, 1.82) is 0 Å². The van der Waals surface area contributed by atoms with E-state index in [1.54, 1.807) is 0 Å². The molecular weight excluding hydrogens is 385 g/mol. The molecule has 0 bridgehead atoms. The number of rotatable bonds is 5. The van der Waals surface area contributed by atoms with Gasteiger partial charge in [-0.1, -0.05) is 0 Å². The van der Waals surface area contributed by atoms with Crippen LogP contribution in [0, 0.1) is 17.5 Å². The van der Waals surface area contributed by atoms with Crippen LogP contribution in [0.15, 0.2) is 47.5 Å². The van der Waals surface area contributed by atoms with Gasteiger partial charge < -0.3 is 10.1 Å². The molecule has 2 N–H and O–H groups in total. The highest BCUT2D eigenvalue weighted by Crippen LogP contribution is 2.13. The van der Waals surface area contributed by atoms with Crippen LogP contribution in [0.4, 0.5) is 18.9 Å². The zero-order valence-corrected chi connectivity index (χ0v) is 15.6. The highest BCUT2D eigenvalue weighted by atomic mass is 19.1. The van der Waals surface area contributed by atoms with Gasteiger partial charge in [0.25, 0.3) is 5.91 Å². The van der Waals surface area contributed by atoms with Crippen LogP contribution in [0.1, 0.15) is 10.4 Å². The average Bonchev–Trinajstić information content (AvgIpc) is 2.68. The maximum absolute atomic E-state index is 13.5. The topological polar surface area (TPSA) is 66.0 Å². The number of carbonyl (C=O) groups excluding carboxylic acids is 1. The molecule has 6 nitrogen and oxygen atoms in total. The molecule has 3 rings (SSSR count). The van der Waals surface area contributed by atoms with E-state index in [0.29, 0.717) is 26.3 Å². The molecule has 2 aromatic carbocycles. The fraction of sp³-hybridized carbons (Fsp3) is 0.300. The smallest absolute Gasteiger partial charge is 0.257 e. The van der Waals surface area contributed by atoms with Gasteiger partial charge >= 0.3 is 0 Å². The predicted octanol–water partition coefficient (Wildman–Crippen LogP) is 2.63. The van der Waals surface area contributed by atoms with Gasteiger partial charge in [0, 0.05) is 37.0 Å². The summed E-state index contributed by atoms with van der Waals surface area (Å²) in [6.45, 7) is 3.87. The number of anilines is 1. The molecule has 0 saturated carbocycles. The second-order valence-corrected chi connectivity index (χ2v) is 6.43. The first-order valence-electron chi connectivity index (χ1n) is 9.14. The SMILES string of the molecule is O=C(NC(=NCCN1CCOCC1)Nc1cc(F)cc(F)c1)c1ccc(F)cc1. The van der Waals surface area contributed by atoms with E-state index < -0.39 is 23.4 Å². The molecule has 154 valence electrons. The molecule has 0 aromatic heterocycles. The second kappa shape index (κ2) is 10.0. The first-order chi connectivity index (χ1) is 14.0. The average molecular weight is 406 g/mol. The molecule has 1 heterocycles. The molecule has 1 fully saturated rings. The van der Waals surface area contributed by atoms with E-state index >= 15 is 0 Å². The number of guanidine groups is 1. The lowest BCUT2D eigenvalue weighted by atomic mass is 10.2. The molecular formula is C20H21F3N4O2. The number of halogens is 3. The van der Waals surface area contributed by atoms with E-state index in [-0.39, 0.29) is 17.2 Å². The van der Waals surface area contributed by atoms with Gasteiger partial charge in [-0.15, -0.1) is 0 Å². The van der Waals surface area contributed by atoms with Gasteiger partial charge in [0.1, 0.15) is 17.5 Å². The molecule has 1 aliphatic heterocycles. The quantitative estimate of drug-likeness (QED) is 0.592. The van der Waals surface area contributed by atoms with Crippen molar-refractivity contribution in [2.45, 2.75) is 0 Å². The van der Waals surface area contributed by atoms with Crippen molar-refractivity contribution >= 4 is 17.6 Å². The van der Waals surface area contributed by atoms with E-state index in [4.69, 9.17) is 4.74 Å². The van der Waals surface area contributed by atoms with Gasteiger partial charge in [0.2, 0.25) is 5.96 Å². The zero-order chi connectivity index (χ0) is 20.6. The van der Waals surface area contributed by atoms with Crippen molar-refractivity contribution in [3.8, 4) is 0 Å². The number of hydrogen-bond acceptors (Lipinski definition) is 4.